The van der Waals surface area contributed by atoms with Gasteiger partial charge in [-0.3, -0.25) is 13.8 Å². The summed E-state index contributed by atoms with van der Waals surface area (Å²) in [5, 5.41) is 14.0. The molecule has 0 aliphatic carbocycles. The van der Waals surface area contributed by atoms with Crippen molar-refractivity contribution in [2.24, 2.45) is 0 Å². The van der Waals surface area contributed by atoms with Crippen LogP contribution in [0.4, 0.5) is 0 Å². The third-order valence-electron chi connectivity index (χ3n) is 14.8. The Morgan fingerprint density at radius 2 is 0.706 bits per heavy atom. The van der Waals surface area contributed by atoms with E-state index in [2.05, 4.69) is 153 Å². The number of phosphoric ester groups is 1. The van der Waals surface area contributed by atoms with Crippen molar-refractivity contribution in [1.82, 2.24) is 5.32 Å². The molecule has 0 aromatic carbocycles. The second kappa shape index (κ2) is 64.8. The number of carbonyl (C=O) groups excluding carboxylic acids is 1. The summed E-state index contributed by atoms with van der Waals surface area (Å²) in [4.78, 5) is 23.4. The first-order valence-electron chi connectivity index (χ1n) is 34.7. The maximum atomic E-state index is 13.0. The molecule has 9 heteroatoms. The number of unbranched alkanes of at least 4 members (excludes halogenated alkanes) is 27. The normalized spacial score (nSPS) is 14.6. The topological polar surface area (TPSA) is 105 Å². The standard InChI is InChI=1S/C76H131N2O6P/c1-6-8-10-12-14-16-18-20-22-24-26-28-30-31-32-33-34-35-36-37-38-39-40-41-42-43-44-45-46-47-48-50-52-54-56-58-60-62-64-66-68-70-76(80)77-74(73-84-85(81,82)83-72-71-78(3,4)5)75(79)69-67-65-63-61-59-57-55-53-51-49-29-27-25-23-21-19-17-15-13-11-9-7-2/h8,10,14,16,20,22,26,28,31-32,34-35,37-38,40-41,43-44,46-47,50,52,67,69,74-75,79H,6-7,9,11-13,15,17-19,21,23-25,27,29-30,33,36,39,42,45,48-49,51,53-66,68,70-73H2,1-5H3,(H-,77,80,81,82)/p+1/b10-8-,16-14-,22-20-,28-26-,32-31-,35-34-,38-37-,41-40-,44-43-,47-46-,52-50-,69-67+. The molecule has 0 fully saturated rings. The van der Waals surface area contributed by atoms with Crippen LogP contribution in [0.3, 0.4) is 0 Å². The highest BCUT2D eigenvalue weighted by Gasteiger charge is 2.28. The molecule has 486 valence electrons. The Labute approximate surface area is 525 Å². The molecular weight excluding hydrogens is 1070 g/mol. The van der Waals surface area contributed by atoms with Gasteiger partial charge in [-0.15, -0.1) is 0 Å². The molecule has 1 amide bonds. The van der Waals surface area contributed by atoms with Crippen LogP contribution >= 0.6 is 7.82 Å². The minimum atomic E-state index is -4.37. The average molecular weight is 1200 g/mol. The first kappa shape index (κ1) is 81.4. The molecule has 3 atom stereocenters. The summed E-state index contributed by atoms with van der Waals surface area (Å²) in [6, 6.07) is -0.864. The molecule has 85 heavy (non-hydrogen) atoms. The van der Waals surface area contributed by atoms with Crippen molar-refractivity contribution in [3.05, 3.63) is 146 Å². The molecule has 0 saturated carbocycles. The number of nitrogens with one attached hydrogen (secondary N) is 1. The minimum Gasteiger partial charge on any atom is -0.387 e. The predicted molar refractivity (Wildman–Crippen MR) is 373 cm³/mol. The summed E-state index contributed by atoms with van der Waals surface area (Å²) in [6.45, 7) is 4.70. The second-order valence-corrected chi connectivity index (χ2v) is 25.6. The second-order valence-electron chi connectivity index (χ2n) is 24.2. The lowest BCUT2D eigenvalue weighted by molar-refractivity contribution is -0.870. The van der Waals surface area contributed by atoms with E-state index in [1.807, 2.05) is 27.2 Å². The zero-order chi connectivity index (χ0) is 61.9. The van der Waals surface area contributed by atoms with Crippen LogP contribution in [-0.2, 0) is 18.4 Å². The van der Waals surface area contributed by atoms with Gasteiger partial charge in [-0.2, -0.15) is 0 Å². The van der Waals surface area contributed by atoms with Gasteiger partial charge < -0.3 is 19.8 Å². The van der Waals surface area contributed by atoms with Crippen LogP contribution in [0.15, 0.2) is 146 Å². The molecule has 8 nitrogen and oxygen atoms in total. The summed E-state index contributed by atoms with van der Waals surface area (Å²) in [5.41, 5.74) is 0. The Bertz CT molecular complexity index is 1900. The van der Waals surface area contributed by atoms with Crippen molar-refractivity contribution in [3.63, 3.8) is 0 Å². The van der Waals surface area contributed by atoms with Crippen LogP contribution in [0, 0.1) is 0 Å². The summed E-state index contributed by atoms with van der Waals surface area (Å²) in [7, 11) is 1.55. The number of phosphoric acid groups is 1. The lowest BCUT2D eigenvalue weighted by Crippen LogP contribution is -2.45. The van der Waals surface area contributed by atoms with E-state index in [0.29, 0.717) is 17.4 Å². The number of nitrogens with zero attached hydrogens (tertiary/aromatic N) is 1. The number of quaternary nitrogens is 1. The van der Waals surface area contributed by atoms with E-state index in [1.54, 1.807) is 6.08 Å². The largest absolute Gasteiger partial charge is 0.472 e. The molecule has 0 radical (unpaired) electrons. The molecule has 0 rings (SSSR count). The Hall–Kier alpha value is -3.62. The Kier molecular flexibility index (Phi) is 62.1. The molecule has 0 aliphatic rings. The van der Waals surface area contributed by atoms with Crippen LogP contribution in [0.25, 0.3) is 0 Å². The van der Waals surface area contributed by atoms with Gasteiger partial charge in [-0.05, 0) is 103 Å². The van der Waals surface area contributed by atoms with Gasteiger partial charge in [0, 0.05) is 6.42 Å². The van der Waals surface area contributed by atoms with E-state index in [1.165, 1.54) is 135 Å². The molecule has 0 bridgehead atoms. The number of aliphatic hydroxyl groups is 1. The van der Waals surface area contributed by atoms with Crippen LogP contribution in [0.1, 0.15) is 277 Å². The van der Waals surface area contributed by atoms with Gasteiger partial charge in [-0.1, -0.05) is 314 Å². The van der Waals surface area contributed by atoms with Crippen LogP contribution < -0.4 is 5.32 Å². The Morgan fingerprint density at radius 3 is 1.04 bits per heavy atom. The van der Waals surface area contributed by atoms with Crippen LogP contribution in [0.5, 0.6) is 0 Å². The number of aliphatic hydroxyl groups excluding tert-OH is 1. The fourth-order valence-corrected chi connectivity index (χ4v) is 10.2. The maximum Gasteiger partial charge on any atom is 0.472 e. The zero-order valence-corrected chi connectivity index (χ0v) is 56.4. The number of rotatable bonds is 62. The fraction of sp³-hybridized carbons (Fsp3) is 0.671. The molecule has 3 N–H and O–H groups in total. The fourth-order valence-electron chi connectivity index (χ4n) is 9.46. The first-order chi connectivity index (χ1) is 41.5. The Morgan fingerprint density at radius 1 is 0.412 bits per heavy atom. The number of hydrogen-bond donors (Lipinski definition) is 3. The van der Waals surface area contributed by atoms with Gasteiger partial charge in [0.15, 0.2) is 0 Å². The monoisotopic (exact) mass is 1200 g/mol. The van der Waals surface area contributed by atoms with Crippen LogP contribution in [-0.4, -0.2) is 73.4 Å². The van der Waals surface area contributed by atoms with Gasteiger partial charge in [-0.25, -0.2) is 4.57 Å². The molecule has 0 saturated heterocycles. The van der Waals surface area contributed by atoms with Gasteiger partial charge in [0.1, 0.15) is 13.2 Å². The van der Waals surface area contributed by atoms with Crippen molar-refractivity contribution < 1.29 is 32.9 Å². The maximum absolute atomic E-state index is 13.0. The van der Waals surface area contributed by atoms with E-state index >= 15 is 0 Å². The third kappa shape index (κ3) is 67.7. The minimum absolute atomic E-state index is 0.0526. The molecule has 0 spiro atoms. The van der Waals surface area contributed by atoms with Crippen molar-refractivity contribution in [2.45, 2.75) is 289 Å². The van der Waals surface area contributed by atoms with E-state index < -0.39 is 20.0 Å². The van der Waals surface area contributed by atoms with Gasteiger partial charge in [0.25, 0.3) is 0 Å². The van der Waals surface area contributed by atoms with Gasteiger partial charge in [0.2, 0.25) is 5.91 Å². The first-order valence-corrected chi connectivity index (χ1v) is 36.2. The summed E-state index contributed by atoms with van der Waals surface area (Å²) >= 11 is 0. The molecule has 0 aliphatic heterocycles. The summed E-state index contributed by atoms with van der Waals surface area (Å²) in [6.07, 6.45) is 99.8. The highest BCUT2D eigenvalue weighted by atomic mass is 31.2. The van der Waals surface area contributed by atoms with Gasteiger partial charge >= 0.3 is 7.82 Å². The number of hydrogen-bond acceptors (Lipinski definition) is 5. The number of likely N-dealkylation sites (N-methyl/N-ethyl adjacent to an activating group) is 1. The van der Waals surface area contributed by atoms with Crippen molar-refractivity contribution >= 4 is 13.7 Å². The third-order valence-corrected chi connectivity index (χ3v) is 15.8. The molecule has 0 heterocycles. The average Bonchev–Trinajstić information content (AvgIpc) is 3.48. The SMILES string of the molecule is CC/C=C\C/C=C\C/C=C\C/C=C\C/C=C\C/C=C\C/C=C\C/C=C\C/C=C\C/C=C\C/C=C\CCCCCCCCCC(=O)NC(COP(=O)(O)OCC[N+](C)(C)C)C(O)/C=C/CCCCCCCCCCCCCCCCCCCCCC. The highest BCUT2D eigenvalue weighted by molar-refractivity contribution is 7.47. The predicted octanol–water partition coefficient (Wildman–Crippen LogP) is 22.4. The van der Waals surface area contributed by atoms with Crippen LogP contribution in [0.2, 0.25) is 0 Å². The molecule has 0 aromatic heterocycles. The van der Waals surface area contributed by atoms with E-state index in [4.69, 9.17) is 9.05 Å². The van der Waals surface area contributed by atoms with Crippen molar-refractivity contribution in [1.29, 1.82) is 0 Å². The summed E-state index contributed by atoms with van der Waals surface area (Å²) in [5.74, 6) is -0.192. The molecule has 3 unspecified atom stereocenters. The van der Waals surface area contributed by atoms with E-state index in [9.17, 15) is 19.4 Å². The molecular formula is C76H132N2O6P+. The van der Waals surface area contributed by atoms with E-state index in [-0.39, 0.29) is 19.1 Å². The van der Waals surface area contributed by atoms with Crippen molar-refractivity contribution in [2.75, 3.05) is 40.9 Å². The lowest BCUT2D eigenvalue weighted by Gasteiger charge is -2.25. The Balaban J connectivity index is 4.16. The van der Waals surface area contributed by atoms with Crippen molar-refractivity contribution in [3.8, 4) is 0 Å². The summed E-state index contributed by atoms with van der Waals surface area (Å²) < 4.78 is 23.8. The number of carbonyl (C=O) groups is 1. The number of amides is 1. The number of allylic oxidation sites excluding steroid dienone is 23. The van der Waals surface area contributed by atoms with E-state index in [0.717, 1.165) is 122 Å². The zero-order valence-electron chi connectivity index (χ0n) is 55.5. The lowest BCUT2D eigenvalue weighted by atomic mass is 10.0. The quantitative estimate of drug-likeness (QED) is 0.0243. The van der Waals surface area contributed by atoms with Gasteiger partial charge in [0.05, 0.1) is 39.9 Å². The molecule has 0 aromatic rings. The highest BCUT2D eigenvalue weighted by Crippen LogP contribution is 2.43. The smallest absolute Gasteiger partial charge is 0.387 e.